The Hall–Kier alpha value is -4.84. The van der Waals surface area contributed by atoms with E-state index in [9.17, 15) is 0 Å². The Kier molecular flexibility index (Phi) is 3.71. The molecule has 0 saturated heterocycles. The van der Waals surface area contributed by atoms with Crippen molar-refractivity contribution in [3.63, 3.8) is 0 Å². The summed E-state index contributed by atoms with van der Waals surface area (Å²) in [7, 11) is 0. The second kappa shape index (κ2) is 6.86. The highest BCUT2D eigenvalue weighted by Crippen LogP contribution is 2.36. The first-order chi connectivity index (χ1) is 17.6. The van der Waals surface area contributed by atoms with Gasteiger partial charge in [-0.2, -0.15) is 0 Å². The maximum atomic E-state index is 4.76. The molecule has 6 nitrogen and oxygen atoms in total. The number of aromatic nitrogens is 6. The standard InChI is InChI=1S/C30H20N6/c1-15-33-25-10-9-21-20-6-3-17(13-19(20)5-8-22(21)26(25)34-15)18-4-7-23-24(14-18)27-29(32-12-11-31-27)30-28(23)35-16(2)36-30/h3-14H,1-2H3,(H,33,34)(H,35,36). The molecule has 0 amide bonds. The van der Waals surface area contributed by atoms with E-state index < -0.39 is 0 Å². The molecule has 0 unspecified atom stereocenters. The molecular weight excluding hydrogens is 444 g/mol. The number of benzene rings is 5. The zero-order chi connectivity index (χ0) is 24.0. The van der Waals surface area contributed by atoms with Gasteiger partial charge >= 0.3 is 0 Å². The van der Waals surface area contributed by atoms with Gasteiger partial charge in [0, 0.05) is 28.6 Å². The summed E-state index contributed by atoms with van der Waals surface area (Å²) in [4.78, 5) is 25.5. The van der Waals surface area contributed by atoms with Crippen LogP contribution in [-0.2, 0) is 0 Å². The average Bonchev–Trinajstić information content (AvgIpc) is 3.49. The molecule has 0 radical (unpaired) electrons. The first-order valence-corrected chi connectivity index (χ1v) is 12.0. The van der Waals surface area contributed by atoms with Crippen LogP contribution in [0.3, 0.4) is 0 Å². The zero-order valence-electron chi connectivity index (χ0n) is 19.7. The van der Waals surface area contributed by atoms with Gasteiger partial charge in [0.1, 0.15) is 17.2 Å². The maximum Gasteiger partial charge on any atom is 0.115 e. The van der Waals surface area contributed by atoms with Crippen molar-refractivity contribution in [2.24, 2.45) is 0 Å². The number of H-pyrrole nitrogens is 2. The van der Waals surface area contributed by atoms with Crippen molar-refractivity contribution in [1.82, 2.24) is 29.9 Å². The molecule has 0 fully saturated rings. The SMILES string of the molecule is Cc1nc2c(ccc3c4ccc(-c5ccc6c(c5)c5nccnc5c5[nH]c(C)nc65)cc4ccc32)[nH]1. The summed E-state index contributed by atoms with van der Waals surface area (Å²) in [5.74, 6) is 1.81. The highest BCUT2D eigenvalue weighted by Gasteiger charge is 2.15. The van der Waals surface area contributed by atoms with E-state index in [1.54, 1.807) is 12.4 Å². The monoisotopic (exact) mass is 464 g/mol. The second-order valence-electron chi connectivity index (χ2n) is 9.44. The summed E-state index contributed by atoms with van der Waals surface area (Å²) in [5.41, 5.74) is 8.01. The van der Waals surface area contributed by atoms with Crippen molar-refractivity contribution in [2.45, 2.75) is 13.8 Å². The van der Waals surface area contributed by atoms with E-state index >= 15 is 0 Å². The van der Waals surface area contributed by atoms with Gasteiger partial charge in [0.05, 0.1) is 27.6 Å². The van der Waals surface area contributed by atoms with Crippen LogP contribution < -0.4 is 0 Å². The molecule has 0 aliphatic rings. The van der Waals surface area contributed by atoms with Gasteiger partial charge in [-0.05, 0) is 59.3 Å². The molecule has 8 rings (SSSR count). The third-order valence-electron chi connectivity index (χ3n) is 7.20. The van der Waals surface area contributed by atoms with E-state index in [2.05, 4.69) is 75.6 Å². The number of aromatic amines is 2. The highest BCUT2D eigenvalue weighted by atomic mass is 14.9. The smallest absolute Gasteiger partial charge is 0.115 e. The van der Waals surface area contributed by atoms with E-state index in [0.29, 0.717) is 0 Å². The number of aryl methyl sites for hydroxylation is 2. The van der Waals surface area contributed by atoms with Gasteiger partial charge in [-0.15, -0.1) is 0 Å². The van der Waals surface area contributed by atoms with E-state index in [4.69, 9.17) is 15.0 Å². The van der Waals surface area contributed by atoms with E-state index in [1.807, 2.05) is 13.8 Å². The van der Waals surface area contributed by atoms with Crippen LogP contribution in [-0.4, -0.2) is 29.9 Å². The molecule has 6 heteroatoms. The third kappa shape index (κ3) is 2.61. The van der Waals surface area contributed by atoms with Crippen molar-refractivity contribution in [3.8, 4) is 11.1 Å². The van der Waals surface area contributed by atoms with Crippen molar-refractivity contribution in [1.29, 1.82) is 0 Å². The molecule has 170 valence electrons. The number of rotatable bonds is 1. The lowest BCUT2D eigenvalue weighted by Gasteiger charge is -2.10. The Morgan fingerprint density at radius 2 is 1.19 bits per heavy atom. The topological polar surface area (TPSA) is 83.1 Å². The van der Waals surface area contributed by atoms with Crippen molar-refractivity contribution in [3.05, 3.63) is 84.7 Å². The third-order valence-corrected chi connectivity index (χ3v) is 7.20. The summed E-state index contributed by atoms with van der Waals surface area (Å²) in [6, 6.07) is 21.9. The average molecular weight is 465 g/mol. The van der Waals surface area contributed by atoms with Gasteiger partial charge in [-0.3, -0.25) is 9.97 Å². The van der Waals surface area contributed by atoms with E-state index in [-0.39, 0.29) is 0 Å². The fourth-order valence-electron chi connectivity index (χ4n) is 5.62. The van der Waals surface area contributed by atoms with Crippen molar-refractivity contribution < 1.29 is 0 Å². The molecule has 36 heavy (non-hydrogen) atoms. The molecular formula is C30H20N6. The molecule has 0 aliphatic carbocycles. The summed E-state index contributed by atoms with van der Waals surface area (Å²) in [6.07, 6.45) is 3.49. The number of nitrogens with one attached hydrogen (secondary N) is 2. The molecule has 5 aromatic carbocycles. The summed E-state index contributed by atoms with van der Waals surface area (Å²) < 4.78 is 0. The maximum absolute atomic E-state index is 4.76. The fraction of sp³-hybridized carbons (Fsp3) is 0.0667. The Balaban J connectivity index is 1.36. The Morgan fingerprint density at radius 1 is 0.528 bits per heavy atom. The normalized spacial score (nSPS) is 12.2. The largest absolute Gasteiger partial charge is 0.342 e. The molecule has 3 heterocycles. The minimum Gasteiger partial charge on any atom is -0.342 e. The number of fused-ring (bicyclic) bond motifs is 11. The van der Waals surface area contributed by atoms with E-state index in [1.165, 1.54) is 21.5 Å². The lowest BCUT2D eigenvalue weighted by atomic mass is 9.95. The Labute approximate surface area is 205 Å². The quantitative estimate of drug-likeness (QED) is 0.253. The first kappa shape index (κ1) is 19.5. The van der Waals surface area contributed by atoms with Crippen LogP contribution in [0.2, 0.25) is 0 Å². The first-order valence-electron chi connectivity index (χ1n) is 12.0. The van der Waals surface area contributed by atoms with Crippen LogP contribution >= 0.6 is 0 Å². The van der Waals surface area contributed by atoms with Crippen molar-refractivity contribution in [2.75, 3.05) is 0 Å². The molecule has 0 aliphatic heterocycles. The van der Waals surface area contributed by atoms with Gasteiger partial charge in [-0.25, -0.2) is 9.97 Å². The molecule has 8 aromatic rings. The predicted molar refractivity (Wildman–Crippen MR) is 146 cm³/mol. The van der Waals surface area contributed by atoms with Crippen LogP contribution in [0.4, 0.5) is 0 Å². The van der Waals surface area contributed by atoms with Crippen LogP contribution in [0.5, 0.6) is 0 Å². The summed E-state index contributed by atoms with van der Waals surface area (Å²) >= 11 is 0. The lowest BCUT2D eigenvalue weighted by Crippen LogP contribution is -1.89. The van der Waals surface area contributed by atoms with E-state index in [0.717, 1.165) is 66.6 Å². The molecule has 2 N–H and O–H groups in total. The summed E-state index contributed by atoms with van der Waals surface area (Å²) in [6.45, 7) is 3.97. The van der Waals surface area contributed by atoms with Gasteiger partial charge in [0.25, 0.3) is 0 Å². The number of hydrogen-bond acceptors (Lipinski definition) is 4. The second-order valence-corrected chi connectivity index (χ2v) is 9.44. The number of nitrogens with zero attached hydrogens (tertiary/aromatic N) is 4. The Bertz CT molecular complexity index is 2180. The fourth-order valence-corrected chi connectivity index (χ4v) is 5.62. The van der Waals surface area contributed by atoms with Crippen LogP contribution in [0, 0.1) is 13.8 Å². The predicted octanol–water partition coefficient (Wildman–Crippen LogP) is 7.13. The lowest BCUT2D eigenvalue weighted by molar-refractivity contribution is 1.17. The summed E-state index contributed by atoms with van der Waals surface area (Å²) in [5, 5.41) is 6.96. The van der Waals surface area contributed by atoms with Gasteiger partial charge < -0.3 is 9.97 Å². The number of hydrogen-bond donors (Lipinski definition) is 2. The Morgan fingerprint density at radius 3 is 2.08 bits per heavy atom. The van der Waals surface area contributed by atoms with Gasteiger partial charge in [0.15, 0.2) is 0 Å². The van der Waals surface area contributed by atoms with Gasteiger partial charge in [0.2, 0.25) is 0 Å². The van der Waals surface area contributed by atoms with Crippen LogP contribution in [0.15, 0.2) is 73.1 Å². The van der Waals surface area contributed by atoms with Crippen LogP contribution in [0.25, 0.3) is 76.5 Å². The van der Waals surface area contributed by atoms with Crippen LogP contribution in [0.1, 0.15) is 11.6 Å². The molecule has 0 saturated carbocycles. The molecule has 0 bridgehead atoms. The number of imidazole rings is 2. The van der Waals surface area contributed by atoms with Crippen molar-refractivity contribution >= 4 is 65.4 Å². The zero-order valence-corrected chi connectivity index (χ0v) is 19.7. The van der Waals surface area contributed by atoms with Gasteiger partial charge in [-0.1, -0.05) is 42.5 Å². The highest BCUT2D eigenvalue weighted by molar-refractivity contribution is 6.21. The molecule has 0 atom stereocenters. The minimum absolute atomic E-state index is 0.850. The minimum atomic E-state index is 0.850. The molecule has 0 spiro atoms. The molecule has 3 aromatic heterocycles.